The molecule has 1 heterocycles. The Hall–Kier alpha value is -1.72. The van der Waals surface area contributed by atoms with Crippen molar-refractivity contribution in [2.24, 2.45) is 5.92 Å². The van der Waals surface area contributed by atoms with Crippen LogP contribution in [0.2, 0.25) is 0 Å². The molecule has 1 fully saturated rings. The third kappa shape index (κ3) is 4.64. The zero-order valence-electron chi connectivity index (χ0n) is 12.7. The molecule has 22 heavy (non-hydrogen) atoms. The first-order valence-electron chi connectivity index (χ1n) is 7.50. The number of hydrogen-bond acceptors (Lipinski definition) is 4. The molecule has 4 nitrogen and oxygen atoms in total. The van der Waals surface area contributed by atoms with E-state index in [-0.39, 0.29) is 11.7 Å². The molecule has 0 radical (unpaired) electrons. The highest BCUT2D eigenvalue weighted by atomic mass is 19.1. The minimum atomic E-state index is -1.01. The van der Waals surface area contributed by atoms with Gasteiger partial charge in [0.2, 0.25) is 0 Å². The maximum absolute atomic E-state index is 12.8. The van der Waals surface area contributed by atoms with Gasteiger partial charge in [-0.25, -0.2) is 9.18 Å². The normalized spacial score (nSPS) is 18.5. The van der Waals surface area contributed by atoms with Crippen LogP contribution in [0.3, 0.4) is 0 Å². The maximum Gasteiger partial charge on any atom is 0.334 e. The van der Waals surface area contributed by atoms with Gasteiger partial charge in [0, 0.05) is 6.54 Å². The molecule has 0 unspecified atom stereocenters. The minimum absolute atomic E-state index is 0.0234. The van der Waals surface area contributed by atoms with Crippen molar-refractivity contribution in [3.8, 4) is 0 Å². The summed E-state index contributed by atoms with van der Waals surface area (Å²) in [5.74, 6) is -0.803. The Bertz CT molecular complexity index is 507. The Morgan fingerprint density at radius 1 is 1.41 bits per heavy atom. The highest BCUT2D eigenvalue weighted by Gasteiger charge is 2.29. The number of halogens is 1. The lowest BCUT2D eigenvalue weighted by Crippen LogP contribution is -2.40. The number of nitrogens with zero attached hydrogens (tertiary/aromatic N) is 1. The van der Waals surface area contributed by atoms with Crippen LogP contribution < -0.4 is 0 Å². The third-order valence-corrected chi connectivity index (χ3v) is 4.07. The van der Waals surface area contributed by atoms with E-state index in [9.17, 15) is 14.3 Å². The highest BCUT2D eigenvalue weighted by molar-refractivity contribution is 5.74. The van der Waals surface area contributed by atoms with Crippen molar-refractivity contribution in [1.82, 2.24) is 4.90 Å². The van der Waals surface area contributed by atoms with E-state index in [1.807, 2.05) is 12.2 Å². The molecule has 1 atom stereocenters. The molecule has 1 aromatic carbocycles. The second-order valence-electron chi connectivity index (χ2n) is 5.56. The van der Waals surface area contributed by atoms with Crippen LogP contribution in [-0.2, 0) is 9.53 Å². The molecule has 1 N–H and O–H groups in total. The molecule has 0 amide bonds. The summed E-state index contributed by atoms with van der Waals surface area (Å²) in [6.07, 6.45) is 4.56. The standard InChI is InChI=1S/C17H22FNO3/c1-22-17(21)16(20)14-8-11-19(12-9-14)10-2-3-13-4-6-15(18)7-5-13/h2-7,14,16,20H,8-12H2,1H3/b3-2+/t16-/m0/s1. The fraction of sp³-hybridized carbons (Fsp3) is 0.471. The van der Waals surface area contributed by atoms with E-state index in [1.165, 1.54) is 19.2 Å². The first-order valence-corrected chi connectivity index (χ1v) is 7.50. The van der Waals surface area contributed by atoms with Gasteiger partial charge in [-0.15, -0.1) is 0 Å². The number of esters is 1. The highest BCUT2D eigenvalue weighted by Crippen LogP contribution is 2.21. The quantitative estimate of drug-likeness (QED) is 0.846. The number of rotatable bonds is 5. The van der Waals surface area contributed by atoms with Crippen LogP contribution in [0.1, 0.15) is 18.4 Å². The van der Waals surface area contributed by atoms with Crippen LogP contribution in [0.25, 0.3) is 6.08 Å². The van der Waals surface area contributed by atoms with Crippen LogP contribution in [0, 0.1) is 11.7 Å². The molecular formula is C17H22FNO3. The van der Waals surface area contributed by atoms with Gasteiger partial charge in [0.25, 0.3) is 0 Å². The summed E-state index contributed by atoms with van der Waals surface area (Å²) in [6.45, 7) is 2.48. The topological polar surface area (TPSA) is 49.8 Å². The number of aliphatic hydroxyl groups excluding tert-OH is 1. The number of carbonyl (C=O) groups excluding carboxylic acids is 1. The SMILES string of the molecule is COC(=O)[C@@H](O)C1CCN(C/C=C/c2ccc(F)cc2)CC1. The number of ether oxygens (including phenoxy) is 1. The largest absolute Gasteiger partial charge is 0.467 e. The van der Waals surface area contributed by atoms with E-state index in [4.69, 9.17) is 0 Å². The van der Waals surface area contributed by atoms with Gasteiger partial charge in [-0.1, -0.05) is 24.3 Å². The lowest BCUT2D eigenvalue weighted by Gasteiger charge is -2.32. The zero-order chi connectivity index (χ0) is 15.9. The summed E-state index contributed by atoms with van der Waals surface area (Å²) in [4.78, 5) is 13.6. The second kappa shape index (κ2) is 8.06. The summed E-state index contributed by atoms with van der Waals surface area (Å²) in [5, 5.41) is 9.84. The second-order valence-corrected chi connectivity index (χ2v) is 5.56. The summed E-state index contributed by atoms with van der Waals surface area (Å²) >= 11 is 0. The van der Waals surface area contributed by atoms with Crippen LogP contribution >= 0.6 is 0 Å². The monoisotopic (exact) mass is 307 g/mol. The predicted molar refractivity (Wildman–Crippen MR) is 82.6 cm³/mol. The molecule has 1 aliphatic heterocycles. The molecule has 2 rings (SSSR count). The zero-order valence-corrected chi connectivity index (χ0v) is 12.7. The fourth-order valence-corrected chi connectivity index (χ4v) is 2.68. The molecule has 0 aliphatic carbocycles. The molecule has 1 aliphatic rings. The fourth-order valence-electron chi connectivity index (χ4n) is 2.68. The maximum atomic E-state index is 12.8. The summed E-state index contributed by atoms with van der Waals surface area (Å²) < 4.78 is 17.4. The molecule has 1 saturated heterocycles. The van der Waals surface area contributed by atoms with Crippen molar-refractivity contribution in [2.75, 3.05) is 26.7 Å². The lowest BCUT2D eigenvalue weighted by atomic mass is 9.91. The van der Waals surface area contributed by atoms with Crippen molar-refractivity contribution in [3.63, 3.8) is 0 Å². The van der Waals surface area contributed by atoms with E-state index in [0.717, 1.165) is 38.0 Å². The number of hydrogen-bond donors (Lipinski definition) is 1. The van der Waals surface area contributed by atoms with E-state index in [1.54, 1.807) is 12.1 Å². The average molecular weight is 307 g/mol. The number of piperidine rings is 1. The predicted octanol–water partition coefficient (Wildman–Crippen LogP) is 2.08. The summed E-state index contributed by atoms with van der Waals surface area (Å²) in [5.41, 5.74) is 0.970. The molecule has 0 aromatic heterocycles. The van der Waals surface area contributed by atoms with Gasteiger partial charge < -0.3 is 9.84 Å². The van der Waals surface area contributed by atoms with Crippen molar-refractivity contribution < 1.29 is 19.0 Å². The Morgan fingerprint density at radius 2 is 2.05 bits per heavy atom. The number of benzene rings is 1. The first kappa shape index (κ1) is 16.6. The van der Waals surface area contributed by atoms with Gasteiger partial charge in [0.1, 0.15) is 5.82 Å². The van der Waals surface area contributed by atoms with Gasteiger partial charge >= 0.3 is 5.97 Å². The van der Waals surface area contributed by atoms with Gasteiger partial charge in [-0.05, 0) is 49.5 Å². The Morgan fingerprint density at radius 3 is 2.64 bits per heavy atom. The number of carbonyl (C=O) groups is 1. The molecule has 0 saturated carbocycles. The van der Waals surface area contributed by atoms with E-state index >= 15 is 0 Å². The third-order valence-electron chi connectivity index (χ3n) is 4.07. The van der Waals surface area contributed by atoms with Gasteiger partial charge in [0.05, 0.1) is 7.11 Å². The van der Waals surface area contributed by atoms with Crippen LogP contribution in [0.5, 0.6) is 0 Å². The molecule has 1 aromatic rings. The van der Waals surface area contributed by atoms with Crippen molar-refractivity contribution in [1.29, 1.82) is 0 Å². The molecule has 0 spiro atoms. The van der Waals surface area contributed by atoms with Crippen molar-refractivity contribution >= 4 is 12.0 Å². The van der Waals surface area contributed by atoms with Crippen LogP contribution in [0.4, 0.5) is 4.39 Å². The van der Waals surface area contributed by atoms with Crippen LogP contribution in [0.15, 0.2) is 30.3 Å². The lowest BCUT2D eigenvalue weighted by molar-refractivity contribution is -0.154. The van der Waals surface area contributed by atoms with Gasteiger partial charge in [-0.3, -0.25) is 4.90 Å². The molecule has 5 heteroatoms. The Kier molecular flexibility index (Phi) is 6.10. The number of methoxy groups -OCH3 is 1. The average Bonchev–Trinajstić information content (AvgIpc) is 2.56. The summed E-state index contributed by atoms with van der Waals surface area (Å²) in [7, 11) is 1.29. The number of likely N-dealkylation sites (tertiary alicyclic amines) is 1. The Balaban J connectivity index is 1.75. The van der Waals surface area contributed by atoms with E-state index < -0.39 is 12.1 Å². The van der Waals surface area contributed by atoms with E-state index in [2.05, 4.69) is 9.64 Å². The summed E-state index contributed by atoms with van der Waals surface area (Å²) in [6, 6.07) is 6.37. The van der Waals surface area contributed by atoms with Crippen molar-refractivity contribution in [3.05, 3.63) is 41.7 Å². The Labute approximate surface area is 130 Å². The van der Waals surface area contributed by atoms with Gasteiger partial charge in [0.15, 0.2) is 6.10 Å². The minimum Gasteiger partial charge on any atom is -0.467 e. The molecular weight excluding hydrogens is 285 g/mol. The number of aliphatic hydroxyl groups is 1. The van der Waals surface area contributed by atoms with Gasteiger partial charge in [-0.2, -0.15) is 0 Å². The van der Waals surface area contributed by atoms with Crippen molar-refractivity contribution in [2.45, 2.75) is 18.9 Å². The molecule has 0 bridgehead atoms. The van der Waals surface area contributed by atoms with E-state index in [0.29, 0.717) is 0 Å². The first-order chi connectivity index (χ1) is 10.6. The molecule has 120 valence electrons. The smallest absolute Gasteiger partial charge is 0.334 e. The van der Waals surface area contributed by atoms with Crippen LogP contribution in [-0.4, -0.2) is 48.8 Å².